The van der Waals surface area contributed by atoms with Crippen molar-refractivity contribution in [3.63, 3.8) is 0 Å². The second-order valence-electron chi connectivity index (χ2n) is 25.4. The molecule has 0 spiro atoms. The number of pyridine rings is 1. The van der Waals surface area contributed by atoms with Crippen LogP contribution in [0.4, 0.5) is 0 Å². The number of rotatable bonds is 0. The van der Waals surface area contributed by atoms with E-state index < -0.39 is 0 Å². The molecule has 4 nitrogen and oxygen atoms in total. The van der Waals surface area contributed by atoms with Crippen LogP contribution < -0.4 is 10.6 Å². The Morgan fingerprint density at radius 2 is 1.20 bits per heavy atom. The summed E-state index contributed by atoms with van der Waals surface area (Å²) in [6.07, 6.45) is 20.0. The second kappa shape index (κ2) is 21.1. The maximum absolute atomic E-state index is 4.58. The van der Waals surface area contributed by atoms with E-state index >= 15 is 0 Å². The first-order chi connectivity index (χ1) is 32.4. The predicted molar refractivity (Wildman–Crippen MR) is 306 cm³/mol. The molecule has 4 atom stereocenters. The molecule has 2 aliphatic carbocycles. The zero-order chi connectivity index (χ0) is 49.9. The summed E-state index contributed by atoms with van der Waals surface area (Å²) in [4.78, 5) is 9.34. The van der Waals surface area contributed by atoms with Crippen molar-refractivity contribution in [2.45, 2.75) is 184 Å². The van der Waals surface area contributed by atoms with Gasteiger partial charge >= 0.3 is 0 Å². The maximum Gasteiger partial charge on any atom is 0.0946 e. The van der Waals surface area contributed by atoms with Crippen LogP contribution in [-0.2, 0) is 16.2 Å². The normalized spacial score (nSPS) is 20.3. The Balaban J connectivity index is 0.000000128. The Morgan fingerprint density at radius 1 is 0.565 bits per heavy atom. The Hall–Kier alpha value is -4.39. The minimum absolute atomic E-state index is 0.136. The molecule has 2 saturated carbocycles. The number of thiophene rings is 2. The van der Waals surface area contributed by atoms with Gasteiger partial charge in [-0.25, -0.2) is 0 Å². The summed E-state index contributed by atoms with van der Waals surface area (Å²) in [7, 11) is 0. The Labute approximate surface area is 425 Å². The Bertz CT molecular complexity index is 2800. The number of allylic oxidation sites excluding steroid dienone is 1. The van der Waals surface area contributed by atoms with Crippen LogP contribution in [0.25, 0.3) is 42.0 Å². The lowest BCUT2D eigenvalue weighted by molar-refractivity contribution is 0.306. The number of aromatic amines is 1. The van der Waals surface area contributed by atoms with Gasteiger partial charge in [-0.05, 0) is 117 Å². The van der Waals surface area contributed by atoms with Crippen molar-refractivity contribution in [3.05, 3.63) is 136 Å². The molecule has 2 aliphatic heterocycles. The summed E-state index contributed by atoms with van der Waals surface area (Å²) in [5, 5.41) is 14.8. The van der Waals surface area contributed by atoms with Crippen LogP contribution in [0.3, 0.4) is 0 Å². The third-order valence-corrected chi connectivity index (χ3v) is 17.0. The summed E-state index contributed by atoms with van der Waals surface area (Å²) >= 11 is 3.75. The van der Waals surface area contributed by atoms with E-state index in [0.29, 0.717) is 10.8 Å². The van der Waals surface area contributed by atoms with Gasteiger partial charge < -0.3 is 15.6 Å². The SMILES string of the molecule is CC(C)(C)C1=CC2CCCCC2N1.CC(C)(C)C1=CNC2CCCCC12.CC(C)(C)c1cc2ccccc2s1.CC(C)(C)c1cnc2c1ccc1ccc[nH]c12.CC(C)(C)c1csc2ccccc12. The molecule has 0 saturated heterocycles. The number of benzene rings is 3. The van der Waals surface area contributed by atoms with E-state index in [9.17, 15) is 0 Å². The lowest BCUT2D eigenvalue weighted by atomic mass is 9.73. The molecule has 6 heteroatoms. The van der Waals surface area contributed by atoms with Crippen LogP contribution in [-0.4, -0.2) is 22.1 Å². The van der Waals surface area contributed by atoms with E-state index in [2.05, 4.69) is 215 Å². The molecule has 370 valence electrons. The average molecular weight is 964 g/mol. The molecule has 7 aromatic rings. The third-order valence-electron chi connectivity index (χ3n) is 14.5. The lowest BCUT2D eigenvalue weighted by Crippen LogP contribution is -2.33. The standard InChI is InChI=1S/C15H16N2.2C12H21N.2C12H14S/c1-15(2,3)12-9-17-14-11(12)7-6-10-5-4-8-16-13(10)14;1-12(2,3)10-8-13-11-7-5-4-6-9(10)11;1-12(2,3)11-8-9-6-4-5-7-10(9)13-11;1-12(2,3)10-8-13-11-7-5-4-6-9(10)11;1-12(2,3)11-8-9-6-4-5-7-10(9)13-11/h4-9,16H,1-3H3;8-9,11,13H,4-7H2,1-3H3;8-10,13H,4-7H2,1-3H3;2*4-8H,1-3H3. The van der Waals surface area contributed by atoms with Crippen molar-refractivity contribution >= 4 is 64.7 Å². The van der Waals surface area contributed by atoms with Crippen molar-refractivity contribution in [2.24, 2.45) is 22.7 Å². The van der Waals surface area contributed by atoms with Gasteiger partial charge in [-0.3, -0.25) is 4.98 Å². The van der Waals surface area contributed by atoms with Crippen molar-refractivity contribution in [1.82, 2.24) is 20.6 Å². The first kappa shape index (κ1) is 52.4. The largest absolute Gasteiger partial charge is 0.388 e. The molecule has 2 fully saturated rings. The smallest absolute Gasteiger partial charge is 0.0946 e. The molecule has 69 heavy (non-hydrogen) atoms. The number of fused-ring (bicyclic) bond motifs is 7. The molecule has 0 amide bonds. The first-order valence-corrected chi connectivity index (χ1v) is 27.9. The van der Waals surface area contributed by atoms with E-state index in [4.69, 9.17) is 0 Å². The van der Waals surface area contributed by atoms with Crippen LogP contribution >= 0.6 is 22.7 Å². The fourth-order valence-corrected chi connectivity index (χ4v) is 12.8. The quantitative estimate of drug-likeness (QED) is 0.142. The maximum atomic E-state index is 4.58. The molecule has 3 N–H and O–H groups in total. The van der Waals surface area contributed by atoms with E-state index in [1.807, 2.05) is 41.1 Å². The molecular formula is C63H86N4S2. The van der Waals surface area contributed by atoms with Crippen molar-refractivity contribution in [2.75, 3.05) is 0 Å². The van der Waals surface area contributed by atoms with Gasteiger partial charge in [-0.15, -0.1) is 22.7 Å². The van der Waals surface area contributed by atoms with E-state index in [1.54, 1.807) is 5.57 Å². The number of hydrogen-bond acceptors (Lipinski definition) is 5. The fourth-order valence-electron chi connectivity index (χ4n) is 10.5. The zero-order valence-electron chi connectivity index (χ0n) is 45.1. The highest BCUT2D eigenvalue weighted by molar-refractivity contribution is 7.19. The second-order valence-corrected chi connectivity index (χ2v) is 27.4. The number of nitrogens with one attached hydrogen (secondary N) is 3. The van der Waals surface area contributed by atoms with Crippen LogP contribution in [0.5, 0.6) is 0 Å². The van der Waals surface area contributed by atoms with Crippen LogP contribution in [0.15, 0.2) is 120 Å². The van der Waals surface area contributed by atoms with Crippen molar-refractivity contribution < 1.29 is 0 Å². The number of aromatic nitrogens is 2. The molecule has 4 unspecified atom stereocenters. The zero-order valence-corrected chi connectivity index (χ0v) is 46.8. The number of hydrogen-bond donors (Lipinski definition) is 3. The summed E-state index contributed by atoms with van der Waals surface area (Å²) in [5.74, 6) is 1.68. The predicted octanol–water partition coefficient (Wildman–Crippen LogP) is 18.6. The van der Waals surface area contributed by atoms with Gasteiger partial charge in [0, 0.05) is 66.6 Å². The topological polar surface area (TPSA) is 52.7 Å². The average Bonchev–Trinajstić information content (AvgIpc) is 4.14. The highest BCUT2D eigenvalue weighted by Crippen LogP contribution is 2.43. The summed E-state index contributed by atoms with van der Waals surface area (Å²) in [6, 6.07) is 29.5. The summed E-state index contributed by atoms with van der Waals surface area (Å²) in [5.41, 5.74) is 9.47. The summed E-state index contributed by atoms with van der Waals surface area (Å²) in [6.45, 7) is 34.1. The molecule has 4 aromatic heterocycles. The highest BCUT2D eigenvalue weighted by Gasteiger charge is 2.37. The lowest BCUT2D eigenvalue weighted by Gasteiger charge is -2.32. The van der Waals surface area contributed by atoms with Gasteiger partial charge in [0.2, 0.25) is 0 Å². The van der Waals surface area contributed by atoms with Gasteiger partial charge in [0.15, 0.2) is 0 Å². The summed E-state index contributed by atoms with van der Waals surface area (Å²) < 4.78 is 2.79. The Kier molecular flexibility index (Phi) is 16.1. The van der Waals surface area contributed by atoms with Gasteiger partial charge in [0.25, 0.3) is 0 Å². The van der Waals surface area contributed by atoms with Crippen LogP contribution in [0, 0.1) is 22.7 Å². The van der Waals surface area contributed by atoms with Gasteiger partial charge in [-0.2, -0.15) is 0 Å². The monoisotopic (exact) mass is 963 g/mol. The molecular weight excluding hydrogens is 877 g/mol. The van der Waals surface area contributed by atoms with E-state index in [0.717, 1.165) is 35.0 Å². The van der Waals surface area contributed by atoms with Crippen LogP contribution in [0.1, 0.15) is 171 Å². The molecule has 0 bridgehead atoms. The van der Waals surface area contributed by atoms with Crippen molar-refractivity contribution in [3.8, 4) is 0 Å². The highest BCUT2D eigenvalue weighted by atomic mass is 32.1. The van der Waals surface area contributed by atoms with E-state index in [1.165, 1.54) is 104 Å². The van der Waals surface area contributed by atoms with Crippen LogP contribution in [0.2, 0.25) is 0 Å². The Morgan fingerprint density at radius 3 is 1.86 bits per heavy atom. The van der Waals surface area contributed by atoms with E-state index in [-0.39, 0.29) is 16.2 Å². The van der Waals surface area contributed by atoms with Gasteiger partial charge in [-0.1, -0.05) is 190 Å². The van der Waals surface area contributed by atoms with Gasteiger partial charge in [0.05, 0.1) is 11.0 Å². The first-order valence-electron chi connectivity index (χ1n) is 26.2. The minimum atomic E-state index is 0.136. The minimum Gasteiger partial charge on any atom is -0.388 e. The fraction of sp³-hybridized carbons (Fsp3) is 0.508. The molecule has 6 heterocycles. The third kappa shape index (κ3) is 12.9. The van der Waals surface area contributed by atoms with Gasteiger partial charge in [0.1, 0.15) is 0 Å². The number of H-pyrrole nitrogens is 1. The molecule has 4 aliphatic rings. The number of nitrogens with zero attached hydrogens (tertiary/aromatic N) is 1. The molecule has 3 aromatic carbocycles. The molecule has 11 rings (SSSR count). The molecule has 0 radical (unpaired) electrons. The van der Waals surface area contributed by atoms with Crippen molar-refractivity contribution in [1.29, 1.82) is 0 Å².